The largest absolute Gasteiger partial charge is 0.385 e. The van der Waals surface area contributed by atoms with Crippen molar-refractivity contribution in [3.63, 3.8) is 0 Å². The maximum atomic E-state index is 3.59. The average Bonchev–Trinajstić information content (AvgIpc) is 2.44. The molecule has 1 nitrogen and oxygen atoms in total. The Morgan fingerprint density at radius 2 is 1.89 bits per heavy atom. The van der Waals surface area contributed by atoms with Gasteiger partial charge in [0, 0.05) is 12.2 Å². The molecule has 0 aliphatic rings. The van der Waals surface area contributed by atoms with Crippen LogP contribution >= 0.6 is 0 Å². The van der Waals surface area contributed by atoms with Gasteiger partial charge in [-0.25, -0.2) is 0 Å². The lowest BCUT2D eigenvalue weighted by molar-refractivity contribution is 0.667. The van der Waals surface area contributed by atoms with Gasteiger partial charge >= 0.3 is 0 Å². The molecule has 101 valence electrons. The molecule has 0 aliphatic heterocycles. The van der Waals surface area contributed by atoms with Gasteiger partial charge in [0.15, 0.2) is 0 Å². The molecule has 2 aromatic carbocycles. The fourth-order valence-electron chi connectivity index (χ4n) is 2.48. The molecule has 2 aromatic rings. The third-order valence-electron chi connectivity index (χ3n) is 3.52. The van der Waals surface area contributed by atoms with Gasteiger partial charge in [0.25, 0.3) is 0 Å². The third-order valence-corrected chi connectivity index (χ3v) is 3.52. The van der Waals surface area contributed by atoms with E-state index in [0.717, 1.165) is 13.0 Å². The zero-order valence-corrected chi connectivity index (χ0v) is 12.1. The highest BCUT2D eigenvalue weighted by atomic mass is 14.9. The predicted molar refractivity (Wildman–Crippen MR) is 84.8 cm³/mol. The lowest BCUT2D eigenvalue weighted by atomic mass is 10.00. The number of benzene rings is 2. The van der Waals surface area contributed by atoms with Gasteiger partial charge in [0.1, 0.15) is 0 Å². The molecule has 0 spiro atoms. The minimum atomic E-state index is 0.966. The second-order valence-electron chi connectivity index (χ2n) is 5.09. The van der Waals surface area contributed by atoms with Crippen LogP contribution in [0.5, 0.6) is 0 Å². The molecule has 0 aliphatic carbocycles. The Morgan fingerprint density at radius 3 is 2.68 bits per heavy atom. The molecular formula is C18H24N. The Kier molecular flexibility index (Phi) is 5.26. The van der Waals surface area contributed by atoms with Crippen molar-refractivity contribution in [3.05, 3.63) is 42.0 Å². The van der Waals surface area contributed by atoms with E-state index in [-0.39, 0.29) is 0 Å². The number of aryl methyl sites for hydroxylation is 1. The molecule has 0 amide bonds. The second-order valence-corrected chi connectivity index (χ2v) is 5.09. The SMILES string of the molecule is CCCCCCc1[c]c2ccccc2cc1NCC. The van der Waals surface area contributed by atoms with Crippen LogP contribution in [0.4, 0.5) is 5.69 Å². The van der Waals surface area contributed by atoms with Crippen LogP contribution in [0, 0.1) is 6.07 Å². The topological polar surface area (TPSA) is 12.0 Å². The van der Waals surface area contributed by atoms with E-state index in [1.807, 2.05) is 0 Å². The van der Waals surface area contributed by atoms with Crippen molar-refractivity contribution in [2.24, 2.45) is 0 Å². The standard InChI is InChI=1S/C18H24N/c1-3-5-6-7-12-17-13-15-10-8-9-11-16(15)14-18(17)19-4-2/h8-11,14,19H,3-7,12H2,1-2H3. The maximum Gasteiger partial charge on any atom is 0.0385 e. The highest BCUT2D eigenvalue weighted by Crippen LogP contribution is 2.25. The maximum absolute atomic E-state index is 3.59. The van der Waals surface area contributed by atoms with E-state index < -0.39 is 0 Å². The average molecular weight is 254 g/mol. The first kappa shape index (κ1) is 13.9. The normalized spacial score (nSPS) is 10.8. The van der Waals surface area contributed by atoms with Crippen LogP contribution in [0.1, 0.15) is 45.1 Å². The zero-order chi connectivity index (χ0) is 13.5. The second kappa shape index (κ2) is 7.18. The van der Waals surface area contributed by atoms with Crippen molar-refractivity contribution in [2.75, 3.05) is 11.9 Å². The monoisotopic (exact) mass is 254 g/mol. The Labute approximate surface area is 117 Å². The van der Waals surface area contributed by atoms with Crippen LogP contribution in [0.25, 0.3) is 10.8 Å². The van der Waals surface area contributed by atoms with Crippen LogP contribution in [-0.2, 0) is 6.42 Å². The summed E-state index contributed by atoms with van der Waals surface area (Å²) in [6.45, 7) is 5.37. The summed E-state index contributed by atoms with van der Waals surface area (Å²) in [5.74, 6) is 0. The van der Waals surface area contributed by atoms with Crippen LogP contribution in [0.2, 0.25) is 0 Å². The van der Waals surface area contributed by atoms with Gasteiger partial charge in [-0.05, 0) is 48.2 Å². The summed E-state index contributed by atoms with van der Waals surface area (Å²) >= 11 is 0. The summed E-state index contributed by atoms with van der Waals surface area (Å²) in [6, 6.07) is 14.4. The van der Waals surface area contributed by atoms with E-state index in [4.69, 9.17) is 0 Å². The summed E-state index contributed by atoms with van der Waals surface area (Å²) in [6.07, 6.45) is 6.35. The minimum absolute atomic E-state index is 0.966. The summed E-state index contributed by atoms with van der Waals surface area (Å²) in [7, 11) is 0. The Hall–Kier alpha value is -1.50. The predicted octanol–water partition coefficient (Wildman–Crippen LogP) is 5.19. The quantitative estimate of drug-likeness (QED) is 0.670. The first-order valence-electron chi connectivity index (χ1n) is 7.53. The molecule has 0 heterocycles. The van der Waals surface area contributed by atoms with E-state index in [2.05, 4.69) is 55.6 Å². The highest BCUT2D eigenvalue weighted by Gasteiger charge is 2.05. The van der Waals surface area contributed by atoms with E-state index in [1.165, 1.54) is 47.7 Å². The lowest BCUT2D eigenvalue weighted by Gasteiger charge is -2.12. The van der Waals surface area contributed by atoms with E-state index in [1.54, 1.807) is 0 Å². The van der Waals surface area contributed by atoms with Crippen LogP contribution < -0.4 is 5.32 Å². The Bertz CT molecular complexity index is 516. The van der Waals surface area contributed by atoms with Gasteiger partial charge in [0.05, 0.1) is 0 Å². The van der Waals surface area contributed by atoms with Crippen LogP contribution in [0.3, 0.4) is 0 Å². The van der Waals surface area contributed by atoms with Crippen molar-refractivity contribution < 1.29 is 0 Å². The lowest BCUT2D eigenvalue weighted by Crippen LogP contribution is -2.01. The molecule has 1 heteroatoms. The first-order valence-corrected chi connectivity index (χ1v) is 7.53. The van der Waals surface area contributed by atoms with E-state index in [9.17, 15) is 0 Å². The number of rotatable bonds is 7. The fourth-order valence-corrected chi connectivity index (χ4v) is 2.48. The van der Waals surface area contributed by atoms with Crippen LogP contribution in [-0.4, -0.2) is 6.54 Å². The van der Waals surface area contributed by atoms with Crippen molar-refractivity contribution >= 4 is 16.5 Å². The molecule has 0 bridgehead atoms. The first-order chi connectivity index (χ1) is 9.35. The molecule has 1 radical (unpaired) electrons. The van der Waals surface area contributed by atoms with Crippen molar-refractivity contribution in [3.8, 4) is 0 Å². The summed E-state index contributed by atoms with van der Waals surface area (Å²) < 4.78 is 0. The molecule has 2 rings (SSSR count). The van der Waals surface area contributed by atoms with Crippen molar-refractivity contribution in [2.45, 2.75) is 46.0 Å². The number of nitrogens with one attached hydrogen (secondary N) is 1. The summed E-state index contributed by atoms with van der Waals surface area (Å²) in [4.78, 5) is 0. The minimum Gasteiger partial charge on any atom is -0.385 e. The molecule has 0 unspecified atom stereocenters. The van der Waals surface area contributed by atoms with Gasteiger partial charge in [-0.1, -0.05) is 50.5 Å². The van der Waals surface area contributed by atoms with E-state index in [0.29, 0.717) is 0 Å². The summed E-state index contributed by atoms with van der Waals surface area (Å²) in [5, 5.41) is 5.98. The summed E-state index contributed by atoms with van der Waals surface area (Å²) in [5.41, 5.74) is 2.61. The smallest absolute Gasteiger partial charge is 0.0385 e. The van der Waals surface area contributed by atoms with Gasteiger partial charge < -0.3 is 5.32 Å². The Morgan fingerprint density at radius 1 is 1.05 bits per heavy atom. The molecule has 0 atom stereocenters. The molecule has 0 aromatic heterocycles. The molecule has 0 saturated carbocycles. The number of fused-ring (bicyclic) bond motifs is 1. The molecule has 1 N–H and O–H groups in total. The third kappa shape index (κ3) is 3.73. The van der Waals surface area contributed by atoms with E-state index >= 15 is 0 Å². The number of hydrogen-bond acceptors (Lipinski definition) is 1. The Balaban J connectivity index is 2.20. The molecular weight excluding hydrogens is 230 g/mol. The van der Waals surface area contributed by atoms with Gasteiger partial charge in [-0.3, -0.25) is 0 Å². The van der Waals surface area contributed by atoms with Crippen molar-refractivity contribution in [1.82, 2.24) is 0 Å². The molecule has 0 fully saturated rings. The van der Waals surface area contributed by atoms with Crippen molar-refractivity contribution in [1.29, 1.82) is 0 Å². The van der Waals surface area contributed by atoms with Gasteiger partial charge in [0.2, 0.25) is 0 Å². The number of anilines is 1. The fraction of sp³-hybridized carbons (Fsp3) is 0.444. The van der Waals surface area contributed by atoms with Crippen LogP contribution in [0.15, 0.2) is 30.3 Å². The highest BCUT2D eigenvalue weighted by molar-refractivity contribution is 5.86. The molecule has 0 saturated heterocycles. The zero-order valence-electron chi connectivity index (χ0n) is 12.1. The van der Waals surface area contributed by atoms with Gasteiger partial charge in [-0.2, -0.15) is 0 Å². The number of hydrogen-bond donors (Lipinski definition) is 1. The number of unbranched alkanes of at least 4 members (excludes halogenated alkanes) is 3. The molecule has 19 heavy (non-hydrogen) atoms. The van der Waals surface area contributed by atoms with Gasteiger partial charge in [-0.15, -0.1) is 0 Å².